The Morgan fingerprint density at radius 3 is 3.00 bits per heavy atom. The summed E-state index contributed by atoms with van der Waals surface area (Å²) >= 11 is 0. The first-order chi connectivity index (χ1) is 7.24. The molecule has 80 valence electrons. The normalized spacial score (nSPS) is 21.1. The van der Waals surface area contributed by atoms with E-state index < -0.39 is 6.10 Å². The molecule has 0 saturated heterocycles. The Hall–Kier alpha value is -1.55. The summed E-state index contributed by atoms with van der Waals surface area (Å²) in [6.07, 6.45) is 2.18. The third-order valence-corrected chi connectivity index (χ3v) is 2.86. The van der Waals surface area contributed by atoms with E-state index in [1.165, 1.54) is 0 Å². The van der Waals surface area contributed by atoms with Crippen molar-refractivity contribution >= 4 is 5.84 Å². The smallest absolute Gasteiger partial charge is 0.170 e. The predicted octanol–water partition coefficient (Wildman–Crippen LogP) is 1.15. The lowest BCUT2D eigenvalue weighted by Crippen LogP contribution is -2.19. The van der Waals surface area contributed by atoms with Gasteiger partial charge in [0.25, 0.3) is 0 Å². The van der Waals surface area contributed by atoms with E-state index in [-0.39, 0.29) is 5.84 Å². The van der Waals surface area contributed by atoms with E-state index in [2.05, 4.69) is 5.16 Å². The number of aliphatic hydroxyl groups excluding tert-OH is 1. The number of aliphatic hydroxyl groups is 1. The van der Waals surface area contributed by atoms with Crippen LogP contribution >= 0.6 is 0 Å². The van der Waals surface area contributed by atoms with Crippen molar-refractivity contribution in [3.63, 3.8) is 0 Å². The number of amidine groups is 1. The molecule has 0 saturated carbocycles. The molecular formula is C11H14N2O2. The molecule has 0 amide bonds. The van der Waals surface area contributed by atoms with Crippen LogP contribution in [0.1, 0.15) is 35.6 Å². The Balaban J connectivity index is 2.54. The number of nitrogens with two attached hydrogens (primary N) is 1. The third kappa shape index (κ3) is 1.68. The standard InChI is InChI=1S/C11H14N2O2/c12-11(13-15)9-5-1-4-8-7(9)3-2-6-10(8)14/h1,4-5,10,14-15H,2-3,6H2,(H2,12,13). The Morgan fingerprint density at radius 1 is 1.47 bits per heavy atom. The molecule has 1 aromatic rings. The molecule has 0 bridgehead atoms. The van der Waals surface area contributed by atoms with Crippen molar-refractivity contribution in [3.8, 4) is 0 Å². The molecule has 1 aromatic carbocycles. The highest BCUT2D eigenvalue weighted by molar-refractivity contribution is 5.98. The molecule has 1 unspecified atom stereocenters. The summed E-state index contributed by atoms with van der Waals surface area (Å²) in [5, 5.41) is 21.5. The maximum Gasteiger partial charge on any atom is 0.170 e. The molecule has 0 radical (unpaired) electrons. The third-order valence-electron chi connectivity index (χ3n) is 2.86. The van der Waals surface area contributed by atoms with Gasteiger partial charge in [0.1, 0.15) is 0 Å². The van der Waals surface area contributed by atoms with E-state index >= 15 is 0 Å². The Kier molecular flexibility index (Phi) is 2.60. The van der Waals surface area contributed by atoms with Crippen molar-refractivity contribution in [3.05, 3.63) is 34.9 Å². The molecule has 4 nitrogen and oxygen atoms in total. The van der Waals surface area contributed by atoms with E-state index in [1.54, 1.807) is 0 Å². The zero-order valence-corrected chi connectivity index (χ0v) is 8.35. The van der Waals surface area contributed by atoms with Gasteiger partial charge in [-0.2, -0.15) is 0 Å². The highest BCUT2D eigenvalue weighted by Crippen LogP contribution is 2.31. The molecule has 15 heavy (non-hydrogen) atoms. The number of hydrogen-bond donors (Lipinski definition) is 3. The van der Waals surface area contributed by atoms with E-state index in [1.807, 2.05) is 18.2 Å². The molecule has 1 atom stereocenters. The molecule has 0 heterocycles. The van der Waals surface area contributed by atoms with E-state index in [9.17, 15) is 5.11 Å². The minimum atomic E-state index is -0.416. The van der Waals surface area contributed by atoms with Gasteiger partial charge in [0.2, 0.25) is 0 Å². The number of oxime groups is 1. The highest BCUT2D eigenvalue weighted by atomic mass is 16.4. The first-order valence-corrected chi connectivity index (χ1v) is 5.01. The van der Waals surface area contributed by atoms with Gasteiger partial charge in [0, 0.05) is 5.56 Å². The molecule has 4 N–H and O–H groups in total. The van der Waals surface area contributed by atoms with E-state index in [0.717, 1.165) is 36.0 Å². The second-order valence-electron chi connectivity index (χ2n) is 3.77. The fourth-order valence-electron chi connectivity index (χ4n) is 2.12. The monoisotopic (exact) mass is 206 g/mol. The van der Waals surface area contributed by atoms with Crippen LogP contribution in [-0.4, -0.2) is 16.1 Å². The lowest BCUT2D eigenvalue weighted by atomic mass is 9.86. The lowest BCUT2D eigenvalue weighted by molar-refractivity contribution is 0.156. The van der Waals surface area contributed by atoms with Gasteiger partial charge in [-0.15, -0.1) is 0 Å². The van der Waals surface area contributed by atoms with Crippen LogP contribution in [0.25, 0.3) is 0 Å². The SMILES string of the molecule is N/C(=N\O)c1cccc2c1CCCC2O. The van der Waals surface area contributed by atoms with Crippen LogP contribution in [0.3, 0.4) is 0 Å². The summed E-state index contributed by atoms with van der Waals surface area (Å²) in [7, 11) is 0. The van der Waals surface area contributed by atoms with Crippen LogP contribution in [0.4, 0.5) is 0 Å². The maximum absolute atomic E-state index is 9.80. The Morgan fingerprint density at radius 2 is 2.27 bits per heavy atom. The van der Waals surface area contributed by atoms with Gasteiger partial charge < -0.3 is 16.0 Å². The minimum absolute atomic E-state index is 0.112. The maximum atomic E-state index is 9.80. The number of nitrogens with zero attached hydrogens (tertiary/aromatic N) is 1. The van der Waals surface area contributed by atoms with Gasteiger partial charge in [0.05, 0.1) is 6.10 Å². The molecular weight excluding hydrogens is 192 g/mol. The largest absolute Gasteiger partial charge is 0.409 e. The fourth-order valence-corrected chi connectivity index (χ4v) is 2.12. The van der Waals surface area contributed by atoms with Gasteiger partial charge in [-0.05, 0) is 30.4 Å². The second kappa shape index (κ2) is 3.90. The van der Waals surface area contributed by atoms with Crippen molar-refractivity contribution in [2.75, 3.05) is 0 Å². The number of hydrogen-bond acceptors (Lipinski definition) is 3. The predicted molar refractivity (Wildman–Crippen MR) is 56.9 cm³/mol. The zero-order chi connectivity index (χ0) is 10.8. The summed E-state index contributed by atoms with van der Waals surface area (Å²) in [6, 6.07) is 5.53. The molecule has 2 rings (SSSR count). The minimum Gasteiger partial charge on any atom is -0.409 e. The van der Waals surface area contributed by atoms with Gasteiger partial charge in [-0.1, -0.05) is 23.4 Å². The molecule has 0 aliphatic heterocycles. The summed E-state index contributed by atoms with van der Waals surface area (Å²) < 4.78 is 0. The quantitative estimate of drug-likeness (QED) is 0.279. The van der Waals surface area contributed by atoms with Crippen LogP contribution in [0.5, 0.6) is 0 Å². The molecule has 0 spiro atoms. The van der Waals surface area contributed by atoms with Crippen molar-refractivity contribution in [2.45, 2.75) is 25.4 Å². The molecule has 0 aromatic heterocycles. The lowest BCUT2D eigenvalue weighted by Gasteiger charge is -2.23. The molecule has 1 aliphatic rings. The van der Waals surface area contributed by atoms with Crippen molar-refractivity contribution in [2.24, 2.45) is 10.9 Å². The van der Waals surface area contributed by atoms with Crippen molar-refractivity contribution in [1.82, 2.24) is 0 Å². The molecule has 0 fully saturated rings. The van der Waals surface area contributed by atoms with Crippen LogP contribution in [0.15, 0.2) is 23.4 Å². The van der Waals surface area contributed by atoms with E-state index in [4.69, 9.17) is 10.9 Å². The van der Waals surface area contributed by atoms with Crippen molar-refractivity contribution < 1.29 is 10.3 Å². The zero-order valence-electron chi connectivity index (χ0n) is 8.35. The Bertz CT molecular complexity index is 402. The van der Waals surface area contributed by atoms with Gasteiger partial charge in [0.15, 0.2) is 5.84 Å². The molecule has 1 aliphatic carbocycles. The number of rotatable bonds is 1. The van der Waals surface area contributed by atoms with Gasteiger partial charge in [-0.25, -0.2) is 0 Å². The highest BCUT2D eigenvalue weighted by Gasteiger charge is 2.21. The summed E-state index contributed by atoms with van der Waals surface area (Å²) in [4.78, 5) is 0. The van der Waals surface area contributed by atoms with Gasteiger partial charge >= 0.3 is 0 Å². The average Bonchev–Trinajstić information content (AvgIpc) is 2.28. The van der Waals surface area contributed by atoms with Crippen LogP contribution in [0, 0.1) is 0 Å². The average molecular weight is 206 g/mol. The second-order valence-corrected chi connectivity index (χ2v) is 3.77. The van der Waals surface area contributed by atoms with Crippen LogP contribution in [-0.2, 0) is 6.42 Å². The topological polar surface area (TPSA) is 78.8 Å². The first-order valence-electron chi connectivity index (χ1n) is 5.01. The number of benzene rings is 1. The van der Waals surface area contributed by atoms with Crippen LogP contribution < -0.4 is 5.73 Å². The van der Waals surface area contributed by atoms with Crippen molar-refractivity contribution in [1.29, 1.82) is 0 Å². The first kappa shape index (κ1) is 9.98. The summed E-state index contributed by atoms with van der Waals surface area (Å²) in [5.74, 6) is 0.112. The Labute approximate surface area is 88.0 Å². The summed E-state index contributed by atoms with van der Waals surface area (Å²) in [5.41, 5.74) is 8.23. The molecule has 4 heteroatoms. The summed E-state index contributed by atoms with van der Waals surface area (Å²) in [6.45, 7) is 0. The van der Waals surface area contributed by atoms with E-state index in [0.29, 0.717) is 0 Å². The van der Waals surface area contributed by atoms with Crippen LogP contribution in [0.2, 0.25) is 0 Å². The fraction of sp³-hybridized carbons (Fsp3) is 0.364. The number of fused-ring (bicyclic) bond motifs is 1. The van der Waals surface area contributed by atoms with Gasteiger partial charge in [-0.3, -0.25) is 0 Å².